The lowest BCUT2D eigenvalue weighted by atomic mass is 10.2. The van der Waals surface area contributed by atoms with Crippen LogP contribution in [0.5, 0.6) is 0 Å². The zero-order valence-electron chi connectivity index (χ0n) is 13.5. The lowest BCUT2D eigenvalue weighted by Gasteiger charge is -2.34. The minimum absolute atomic E-state index is 0.212. The van der Waals surface area contributed by atoms with Gasteiger partial charge in [-0.1, -0.05) is 30.3 Å². The Labute approximate surface area is 137 Å². The summed E-state index contributed by atoms with van der Waals surface area (Å²) >= 11 is 0. The molecule has 1 aliphatic heterocycles. The molecule has 1 aromatic carbocycles. The quantitative estimate of drug-likeness (QED) is 0.741. The van der Waals surface area contributed by atoms with Crippen LogP contribution in [-0.4, -0.2) is 54.5 Å². The molecule has 0 spiro atoms. The number of carbonyl (C=O) groups excluding carboxylic acids is 2. The summed E-state index contributed by atoms with van der Waals surface area (Å²) in [5.74, 6) is 0.212. The number of unbranched alkanes of at least 4 members (excludes halogenated alkanes) is 1. The standard InChI is InChI=1S/C17H26N4O2/c18-17(23)19-9-5-4-8-16(22)21-12-10-20(11-13-21)14-15-6-2-1-3-7-15/h1-3,6-7H,4-5,8-14H2,(H3,18,19,23). The lowest BCUT2D eigenvalue weighted by molar-refractivity contribution is -0.133. The molecule has 3 N–H and O–H groups in total. The fourth-order valence-corrected chi connectivity index (χ4v) is 2.77. The fraction of sp³-hybridized carbons (Fsp3) is 0.529. The Kier molecular flexibility index (Phi) is 6.87. The molecule has 0 saturated carbocycles. The molecule has 0 bridgehead atoms. The Morgan fingerprint density at radius 1 is 1.04 bits per heavy atom. The van der Waals surface area contributed by atoms with Gasteiger partial charge in [0, 0.05) is 45.7 Å². The van der Waals surface area contributed by atoms with Crippen LogP contribution in [0.4, 0.5) is 4.79 Å². The third-order valence-electron chi connectivity index (χ3n) is 4.09. The normalized spacial score (nSPS) is 15.4. The van der Waals surface area contributed by atoms with Gasteiger partial charge in [-0.25, -0.2) is 4.79 Å². The first-order chi connectivity index (χ1) is 11.1. The number of nitrogens with one attached hydrogen (secondary N) is 1. The van der Waals surface area contributed by atoms with Gasteiger partial charge < -0.3 is 16.0 Å². The molecule has 126 valence electrons. The molecule has 1 aromatic rings. The molecular formula is C17H26N4O2. The molecule has 6 heteroatoms. The predicted molar refractivity (Wildman–Crippen MR) is 89.7 cm³/mol. The maximum atomic E-state index is 12.2. The maximum absolute atomic E-state index is 12.2. The third-order valence-corrected chi connectivity index (χ3v) is 4.09. The van der Waals surface area contributed by atoms with E-state index in [2.05, 4.69) is 34.5 Å². The first-order valence-corrected chi connectivity index (χ1v) is 8.22. The van der Waals surface area contributed by atoms with Gasteiger partial charge in [-0.3, -0.25) is 9.69 Å². The Morgan fingerprint density at radius 3 is 2.39 bits per heavy atom. The van der Waals surface area contributed by atoms with Gasteiger partial charge in [0.2, 0.25) is 5.91 Å². The monoisotopic (exact) mass is 318 g/mol. The summed E-state index contributed by atoms with van der Waals surface area (Å²) in [7, 11) is 0. The van der Waals surface area contributed by atoms with Gasteiger partial charge in [-0.05, 0) is 18.4 Å². The molecule has 23 heavy (non-hydrogen) atoms. The van der Waals surface area contributed by atoms with Crippen LogP contribution in [0.3, 0.4) is 0 Å². The molecule has 3 amide bonds. The zero-order valence-corrected chi connectivity index (χ0v) is 13.5. The number of urea groups is 1. The van der Waals surface area contributed by atoms with Crippen LogP contribution in [0, 0.1) is 0 Å². The number of primary amides is 1. The van der Waals surface area contributed by atoms with E-state index in [1.54, 1.807) is 0 Å². The first kappa shape index (κ1) is 17.3. The second-order valence-corrected chi connectivity index (χ2v) is 5.89. The lowest BCUT2D eigenvalue weighted by Crippen LogP contribution is -2.48. The number of nitrogens with two attached hydrogens (primary N) is 1. The largest absolute Gasteiger partial charge is 0.352 e. The van der Waals surface area contributed by atoms with Crippen LogP contribution >= 0.6 is 0 Å². The number of piperazine rings is 1. The highest BCUT2D eigenvalue weighted by Crippen LogP contribution is 2.10. The highest BCUT2D eigenvalue weighted by Gasteiger charge is 2.20. The summed E-state index contributed by atoms with van der Waals surface area (Å²) in [6.07, 6.45) is 2.10. The molecular weight excluding hydrogens is 292 g/mol. The highest BCUT2D eigenvalue weighted by molar-refractivity contribution is 5.76. The van der Waals surface area contributed by atoms with Crippen LogP contribution in [0.25, 0.3) is 0 Å². The van der Waals surface area contributed by atoms with E-state index in [9.17, 15) is 9.59 Å². The summed E-state index contributed by atoms with van der Waals surface area (Å²) in [5, 5.41) is 2.54. The smallest absolute Gasteiger partial charge is 0.312 e. The number of hydrogen-bond acceptors (Lipinski definition) is 3. The maximum Gasteiger partial charge on any atom is 0.312 e. The van der Waals surface area contributed by atoms with E-state index in [1.165, 1.54) is 5.56 Å². The Bertz CT molecular complexity index is 499. The second kappa shape index (κ2) is 9.15. The summed E-state index contributed by atoms with van der Waals surface area (Å²) in [6.45, 7) is 4.92. The predicted octanol–water partition coefficient (Wildman–Crippen LogP) is 1.17. The van der Waals surface area contributed by atoms with Crippen LogP contribution in [0.1, 0.15) is 24.8 Å². The van der Waals surface area contributed by atoms with E-state index in [-0.39, 0.29) is 5.91 Å². The van der Waals surface area contributed by atoms with Crippen molar-refractivity contribution < 1.29 is 9.59 Å². The number of hydrogen-bond donors (Lipinski definition) is 2. The molecule has 0 atom stereocenters. The van der Waals surface area contributed by atoms with Crippen molar-refractivity contribution in [3.8, 4) is 0 Å². The first-order valence-electron chi connectivity index (χ1n) is 8.22. The molecule has 2 rings (SSSR count). The highest BCUT2D eigenvalue weighted by atomic mass is 16.2. The van der Waals surface area contributed by atoms with E-state index < -0.39 is 6.03 Å². The SMILES string of the molecule is NC(=O)NCCCCC(=O)N1CCN(Cc2ccccc2)CC1. The topological polar surface area (TPSA) is 78.7 Å². The van der Waals surface area contributed by atoms with Crippen molar-refractivity contribution in [2.45, 2.75) is 25.8 Å². The van der Waals surface area contributed by atoms with E-state index in [4.69, 9.17) is 5.73 Å². The number of nitrogens with zero attached hydrogens (tertiary/aromatic N) is 2. The Hall–Kier alpha value is -2.08. The molecule has 1 fully saturated rings. The van der Waals surface area contributed by atoms with Crippen molar-refractivity contribution in [2.24, 2.45) is 5.73 Å². The van der Waals surface area contributed by atoms with Gasteiger partial charge in [0.05, 0.1) is 0 Å². The van der Waals surface area contributed by atoms with Crippen molar-refractivity contribution >= 4 is 11.9 Å². The van der Waals surface area contributed by atoms with Gasteiger partial charge >= 0.3 is 6.03 Å². The van der Waals surface area contributed by atoms with Crippen LogP contribution in [0.15, 0.2) is 30.3 Å². The number of carbonyl (C=O) groups is 2. The summed E-state index contributed by atoms with van der Waals surface area (Å²) in [6, 6.07) is 9.91. The van der Waals surface area contributed by atoms with Gasteiger partial charge in [0.25, 0.3) is 0 Å². The van der Waals surface area contributed by atoms with E-state index in [0.717, 1.165) is 45.6 Å². The molecule has 0 radical (unpaired) electrons. The van der Waals surface area contributed by atoms with Gasteiger partial charge in [0.1, 0.15) is 0 Å². The summed E-state index contributed by atoms with van der Waals surface area (Å²) in [5.41, 5.74) is 6.30. The van der Waals surface area contributed by atoms with Crippen molar-refractivity contribution in [3.05, 3.63) is 35.9 Å². The van der Waals surface area contributed by atoms with E-state index >= 15 is 0 Å². The molecule has 1 saturated heterocycles. The number of benzene rings is 1. The average molecular weight is 318 g/mol. The Balaban J connectivity index is 1.62. The minimum atomic E-state index is -0.508. The van der Waals surface area contributed by atoms with Gasteiger partial charge in [-0.15, -0.1) is 0 Å². The van der Waals surface area contributed by atoms with Crippen LogP contribution in [0.2, 0.25) is 0 Å². The second-order valence-electron chi connectivity index (χ2n) is 5.89. The van der Waals surface area contributed by atoms with Crippen LogP contribution in [-0.2, 0) is 11.3 Å². The molecule has 1 heterocycles. The molecule has 0 unspecified atom stereocenters. The average Bonchev–Trinajstić information content (AvgIpc) is 2.56. The van der Waals surface area contributed by atoms with Crippen molar-refractivity contribution in [3.63, 3.8) is 0 Å². The van der Waals surface area contributed by atoms with Crippen molar-refractivity contribution in [1.82, 2.24) is 15.1 Å². The van der Waals surface area contributed by atoms with Gasteiger partial charge in [0.15, 0.2) is 0 Å². The third kappa shape index (κ3) is 6.28. The van der Waals surface area contributed by atoms with Crippen molar-refractivity contribution in [1.29, 1.82) is 0 Å². The Morgan fingerprint density at radius 2 is 1.74 bits per heavy atom. The zero-order chi connectivity index (χ0) is 16.5. The minimum Gasteiger partial charge on any atom is -0.352 e. The van der Waals surface area contributed by atoms with Gasteiger partial charge in [-0.2, -0.15) is 0 Å². The van der Waals surface area contributed by atoms with Crippen molar-refractivity contribution in [2.75, 3.05) is 32.7 Å². The molecule has 0 aromatic heterocycles. The molecule has 6 nitrogen and oxygen atoms in total. The summed E-state index contributed by atoms with van der Waals surface area (Å²) in [4.78, 5) is 27.0. The fourth-order valence-electron chi connectivity index (χ4n) is 2.77. The number of rotatable bonds is 7. The number of amides is 3. The summed E-state index contributed by atoms with van der Waals surface area (Å²) < 4.78 is 0. The van der Waals surface area contributed by atoms with E-state index in [1.807, 2.05) is 11.0 Å². The molecule has 1 aliphatic rings. The van der Waals surface area contributed by atoms with E-state index in [0.29, 0.717) is 13.0 Å². The molecule has 0 aliphatic carbocycles. The van der Waals surface area contributed by atoms with Crippen LogP contribution < -0.4 is 11.1 Å².